The number of carbonyl (C=O) groups is 1. The predicted molar refractivity (Wildman–Crippen MR) is 77.1 cm³/mol. The molecule has 96 valence electrons. The zero-order chi connectivity index (χ0) is 13.2. The van der Waals surface area contributed by atoms with Gasteiger partial charge in [-0.1, -0.05) is 55.5 Å². The number of nitrogens with one attached hydrogen (secondary N) is 1. The molecule has 0 fully saturated rings. The second kappa shape index (κ2) is 4.88. The summed E-state index contributed by atoms with van der Waals surface area (Å²) in [5.41, 5.74) is 3.41. The van der Waals surface area contributed by atoms with Crippen LogP contribution in [-0.2, 0) is 11.2 Å². The number of benzene rings is 2. The van der Waals surface area contributed by atoms with Crippen LogP contribution < -0.4 is 5.32 Å². The Morgan fingerprint density at radius 3 is 2.47 bits per heavy atom. The molecule has 0 spiro atoms. The number of para-hydroxylation sites is 1. The van der Waals surface area contributed by atoms with Gasteiger partial charge < -0.3 is 5.32 Å². The number of anilines is 1. The number of hydrogen-bond donors (Lipinski definition) is 1. The summed E-state index contributed by atoms with van der Waals surface area (Å²) in [6.45, 7) is 2.01. The molecule has 2 nitrogen and oxygen atoms in total. The van der Waals surface area contributed by atoms with Crippen molar-refractivity contribution in [3.8, 4) is 0 Å². The predicted octanol–water partition coefficient (Wildman–Crippen LogP) is 3.60. The largest absolute Gasteiger partial charge is 0.326 e. The molecule has 0 aliphatic carbocycles. The quantitative estimate of drug-likeness (QED) is 0.824. The van der Waals surface area contributed by atoms with Gasteiger partial charge in [0.05, 0.1) is 0 Å². The number of carbonyl (C=O) groups excluding carboxylic acids is 1. The van der Waals surface area contributed by atoms with Crippen molar-refractivity contribution in [1.82, 2.24) is 0 Å². The van der Waals surface area contributed by atoms with Gasteiger partial charge in [0, 0.05) is 11.6 Å². The minimum absolute atomic E-state index is 0.0187. The van der Waals surface area contributed by atoms with E-state index in [0.717, 1.165) is 12.1 Å². The molecule has 1 aliphatic heterocycles. The minimum atomic E-state index is -0.0187. The fraction of sp³-hybridized carbons (Fsp3) is 0.235. The monoisotopic (exact) mass is 251 g/mol. The Morgan fingerprint density at radius 1 is 1.00 bits per heavy atom. The summed E-state index contributed by atoms with van der Waals surface area (Å²) in [6.07, 6.45) is 0.903. The highest BCUT2D eigenvalue weighted by atomic mass is 16.1. The lowest BCUT2D eigenvalue weighted by molar-refractivity contribution is -0.119. The molecular weight excluding hydrogens is 234 g/mol. The van der Waals surface area contributed by atoms with Gasteiger partial charge in [-0.15, -0.1) is 0 Å². The molecule has 1 amide bonds. The van der Waals surface area contributed by atoms with E-state index in [1.165, 1.54) is 11.1 Å². The van der Waals surface area contributed by atoms with E-state index in [-0.39, 0.29) is 17.7 Å². The number of hydrogen-bond acceptors (Lipinski definition) is 1. The topological polar surface area (TPSA) is 29.1 Å². The Morgan fingerprint density at radius 2 is 1.68 bits per heavy atom. The van der Waals surface area contributed by atoms with E-state index in [0.29, 0.717) is 0 Å². The van der Waals surface area contributed by atoms with Crippen LogP contribution in [0.15, 0.2) is 54.6 Å². The van der Waals surface area contributed by atoms with Crippen LogP contribution in [0.25, 0.3) is 0 Å². The van der Waals surface area contributed by atoms with Crippen LogP contribution in [0, 0.1) is 5.92 Å². The van der Waals surface area contributed by atoms with Crippen LogP contribution in [0.5, 0.6) is 0 Å². The summed E-state index contributed by atoms with van der Waals surface area (Å²) in [4.78, 5) is 12.2. The van der Waals surface area contributed by atoms with Gasteiger partial charge >= 0.3 is 0 Å². The Balaban J connectivity index is 2.03. The standard InChI is InChI=1S/C17H17NO/c1-12-15(13-7-3-2-4-8-13)11-14-9-5-6-10-16(14)18-17(12)19/h2-10,12,15H,11H2,1H3,(H,18,19). The zero-order valence-electron chi connectivity index (χ0n) is 11.0. The second-order valence-corrected chi connectivity index (χ2v) is 5.16. The molecule has 2 aromatic carbocycles. The molecule has 19 heavy (non-hydrogen) atoms. The third kappa shape index (κ3) is 2.26. The molecule has 3 rings (SSSR count). The van der Waals surface area contributed by atoms with E-state index in [1.807, 2.05) is 43.3 Å². The highest BCUT2D eigenvalue weighted by molar-refractivity contribution is 5.94. The molecule has 1 heterocycles. The number of amides is 1. The molecule has 2 aromatic rings. The normalized spacial score (nSPS) is 22.3. The van der Waals surface area contributed by atoms with Gasteiger partial charge in [0.1, 0.15) is 0 Å². The fourth-order valence-corrected chi connectivity index (χ4v) is 2.77. The maximum Gasteiger partial charge on any atom is 0.227 e. The maximum absolute atomic E-state index is 12.2. The first-order valence-electron chi connectivity index (χ1n) is 6.69. The maximum atomic E-state index is 12.2. The SMILES string of the molecule is CC1C(=O)Nc2ccccc2CC1c1ccccc1. The first-order chi connectivity index (χ1) is 9.25. The minimum Gasteiger partial charge on any atom is -0.326 e. The van der Waals surface area contributed by atoms with Crippen molar-refractivity contribution in [3.63, 3.8) is 0 Å². The smallest absolute Gasteiger partial charge is 0.227 e. The lowest BCUT2D eigenvalue weighted by Gasteiger charge is -2.20. The lowest BCUT2D eigenvalue weighted by atomic mass is 9.83. The van der Waals surface area contributed by atoms with E-state index in [4.69, 9.17) is 0 Å². The molecule has 0 saturated heterocycles. The summed E-state index contributed by atoms with van der Waals surface area (Å²) in [6, 6.07) is 18.4. The van der Waals surface area contributed by atoms with Gasteiger partial charge in [-0.3, -0.25) is 4.79 Å². The van der Waals surface area contributed by atoms with Gasteiger partial charge in [0.15, 0.2) is 0 Å². The fourth-order valence-electron chi connectivity index (χ4n) is 2.77. The van der Waals surface area contributed by atoms with Crippen LogP contribution in [0.3, 0.4) is 0 Å². The van der Waals surface area contributed by atoms with Crippen LogP contribution in [0.2, 0.25) is 0 Å². The van der Waals surface area contributed by atoms with E-state index in [1.54, 1.807) is 0 Å². The Labute approximate surface area is 113 Å². The third-order valence-corrected chi connectivity index (χ3v) is 3.96. The number of fused-ring (bicyclic) bond motifs is 1. The molecule has 2 unspecified atom stereocenters. The van der Waals surface area contributed by atoms with Crippen LogP contribution in [0.4, 0.5) is 5.69 Å². The summed E-state index contributed by atoms with van der Waals surface area (Å²) in [7, 11) is 0. The third-order valence-electron chi connectivity index (χ3n) is 3.96. The van der Waals surface area contributed by atoms with Crippen molar-refractivity contribution in [1.29, 1.82) is 0 Å². The molecule has 1 aliphatic rings. The van der Waals surface area contributed by atoms with E-state index >= 15 is 0 Å². The zero-order valence-corrected chi connectivity index (χ0v) is 11.0. The summed E-state index contributed by atoms with van der Waals surface area (Å²) in [5, 5.41) is 3.03. The highest BCUT2D eigenvalue weighted by Crippen LogP contribution is 2.34. The Hall–Kier alpha value is -2.09. The van der Waals surface area contributed by atoms with Crippen LogP contribution in [0.1, 0.15) is 24.0 Å². The molecule has 0 radical (unpaired) electrons. The first-order valence-corrected chi connectivity index (χ1v) is 6.69. The van der Waals surface area contributed by atoms with Crippen molar-refractivity contribution in [2.24, 2.45) is 5.92 Å². The van der Waals surface area contributed by atoms with Gasteiger partial charge in [-0.2, -0.15) is 0 Å². The van der Waals surface area contributed by atoms with Crippen molar-refractivity contribution < 1.29 is 4.79 Å². The Kier molecular flexibility index (Phi) is 3.08. The second-order valence-electron chi connectivity index (χ2n) is 5.16. The van der Waals surface area contributed by atoms with Gasteiger partial charge in [0.2, 0.25) is 5.91 Å². The molecule has 0 aromatic heterocycles. The van der Waals surface area contributed by atoms with E-state index in [2.05, 4.69) is 23.5 Å². The summed E-state index contributed by atoms with van der Waals surface area (Å²) >= 11 is 0. The molecule has 1 N–H and O–H groups in total. The van der Waals surface area contributed by atoms with Gasteiger partial charge in [-0.25, -0.2) is 0 Å². The number of rotatable bonds is 1. The average molecular weight is 251 g/mol. The molecular formula is C17H17NO. The van der Waals surface area contributed by atoms with E-state index in [9.17, 15) is 4.79 Å². The van der Waals surface area contributed by atoms with Crippen molar-refractivity contribution >= 4 is 11.6 Å². The summed E-state index contributed by atoms with van der Waals surface area (Å²) < 4.78 is 0. The molecule has 0 saturated carbocycles. The first kappa shape index (κ1) is 12.0. The highest BCUT2D eigenvalue weighted by Gasteiger charge is 2.29. The van der Waals surface area contributed by atoms with Crippen molar-refractivity contribution in [2.45, 2.75) is 19.3 Å². The lowest BCUT2D eigenvalue weighted by Crippen LogP contribution is -2.24. The van der Waals surface area contributed by atoms with Crippen LogP contribution in [-0.4, -0.2) is 5.91 Å². The Bertz CT molecular complexity index is 591. The summed E-state index contributed by atoms with van der Waals surface area (Å²) in [5.74, 6) is 0.332. The van der Waals surface area contributed by atoms with Gasteiger partial charge in [-0.05, 0) is 29.5 Å². The van der Waals surface area contributed by atoms with Crippen LogP contribution >= 0.6 is 0 Å². The van der Waals surface area contributed by atoms with Crippen molar-refractivity contribution in [2.75, 3.05) is 5.32 Å². The van der Waals surface area contributed by atoms with Crippen molar-refractivity contribution in [3.05, 3.63) is 65.7 Å². The van der Waals surface area contributed by atoms with E-state index < -0.39 is 0 Å². The average Bonchev–Trinajstić information content (AvgIpc) is 2.58. The molecule has 0 bridgehead atoms. The molecule has 2 atom stereocenters. The molecule has 2 heteroatoms. The van der Waals surface area contributed by atoms with Gasteiger partial charge in [0.25, 0.3) is 0 Å².